The molecule has 1 aliphatic heterocycles. The van der Waals surface area contributed by atoms with Crippen LogP contribution in [-0.2, 0) is 23.0 Å². The molecule has 1 amide bonds. The van der Waals surface area contributed by atoms with E-state index in [-0.39, 0.29) is 16.7 Å². The topological polar surface area (TPSA) is 66.5 Å². The largest absolute Gasteiger partial charge is 0.321 e. The number of sulfonamides is 1. The molecule has 0 saturated heterocycles. The minimum absolute atomic E-state index is 0.137. The van der Waals surface area contributed by atoms with Crippen LogP contribution in [0.4, 0.5) is 5.69 Å². The molecule has 1 N–H and O–H groups in total. The highest BCUT2D eigenvalue weighted by atomic mass is 32.2. The van der Waals surface area contributed by atoms with Crippen molar-refractivity contribution in [2.45, 2.75) is 44.6 Å². The summed E-state index contributed by atoms with van der Waals surface area (Å²) >= 11 is 0. The van der Waals surface area contributed by atoms with E-state index in [1.807, 2.05) is 49.4 Å². The van der Waals surface area contributed by atoms with E-state index < -0.39 is 10.0 Å². The van der Waals surface area contributed by atoms with Gasteiger partial charge >= 0.3 is 0 Å². The van der Waals surface area contributed by atoms with Gasteiger partial charge < -0.3 is 5.32 Å². The Morgan fingerprint density at radius 3 is 2.44 bits per heavy atom. The summed E-state index contributed by atoms with van der Waals surface area (Å²) < 4.78 is 28.1. The Morgan fingerprint density at radius 1 is 0.969 bits per heavy atom. The Morgan fingerprint density at radius 2 is 1.69 bits per heavy atom. The standard InChI is InChI=1S/C26H28N2O3S/c1-18(2)24-13-6-8-19(3)25(24)27-26(29)21-11-7-12-23(16-21)32(30,31)28-15-14-20-9-4-5-10-22(20)17-28/h4-13,16,18H,14-15,17H2,1-3H3,(H,27,29). The van der Waals surface area contributed by atoms with Gasteiger partial charge in [0.15, 0.2) is 0 Å². The highest BCUT2D eigenvalue weighted by Gasteiger charge is 2.28. The molecule has 6 heteroatoms. The van der Waals surface area contributed by atoms with Gasteiger partial charge in [0.2, 0.25) is 10.0 Å². The minimum atomic E-state index is -3.71. The second kappa shape index (κ2) is 8.88. The van der Waals surface area contributed by atoms with Crippen LogP contribution in [0.25, 0.3) is 0 Å². The highest BCUT2D eigenvalue weighted by Crippen LogP contribution is 2.29. The van der Waals surface area contributed by atoms with Crippen LogP contribution < -0.4 is 5.32 Å². The van der Waals surface area contributed by atoms with Crippen LogP contribution in [0.3, 0.4) is 0 Å². The Bertz CT molecular complexity index is 1270. The number of fused-ring (bicyclic) bond motifs is 1. The molecule has 0 atom stereocenters. The molecule has 0 unspecified atom stereocenters. The maximum atomic E-state index is 13.3. The lowest BCUT2D eigenvalue weighted by Gasteiger charge is -2.28. The predicted octanol–water partition coefficient (Wildman–Crippen LogP) is 5.12. The van der Waals surface area contributed by atoms with E-state index in [1.54, 1.807) is 18.2 Å². The average Bonchev–Trinajstić information content (AvgIpc) is 2.80. The third-order valence-corrected chi connectivity index (χ3v) is 7.84. The summed E-state index contributed by atoms with van der Waals surface area (Å²) in [6, 6.07) is 20.1. The molecular weight excluding hydrogens is 420 g/mol. The molecule has 3 aromatic carbocycles. The average molecular weight is 449 g/mol. The first-order valence-corrected chi connectivity index (χ1v) is 12.3. The number of hydrogen-bond donors (Lipinski definition) is 1. The quantitative estimate of drug-likeness (QED) is 0.589. The molecule has 1 aliphatic rings. The van der Waals surface area contributed by atoms with Crippen molar-refractivity contribution < 1.29 is 13.2 Å². The number of nitrogens with one attached hydrogen (secondary N) is 1. The van der Waals surface area contributed by atoms with E-state index >= 15 is 0 Å². The summed E-state index contributed by atoms with van der Waals surface area (Å²) in [5.74, 6) is -0.0684. The number of hydrogen-bond acceptors (Lipinski definition) is 3. The van der Waals surface area contributed by atoms with E-state index in [0.717, 1.165) is 22.4 Å². The zero-order chi connectivity index (χ0) is 22.9. The van der Waals surface area contributed by atoms with E-state index in [0.29, 0.717) is 25.1 Å². The molecule has 0 saturated carbocycles. The number of anilines is 1. The first kappa shape index (κ1) is 22.2. The van der Waals surface area contributed by atoms with Gasteiger partial charge in [-0.3, -0.25) is 4.79 Å². The van der Waals surface area contributed by atoms with Crippen LogP contribution in [0.1, 0.15) is 52.4 Å². The smallest absolute Gasteiger partial charge is 0.255 e. The molecule has 0 aromatic heterocycles. The predicted molar refractivity (Wildman–Crippen MR) is 127 cm³/mol. The fourth-order valence-corrected chi connectivity index (χ4v) is 5.62. The summed E-state index contributed by atoms with van der Waals surface area (Å²) in [5.41, 5.74) is 5.34. The van der Waals surface area contributed by atoms with Gasteiger partial charge in [-0.25, -0.2) is 8.42 Å². The molecule has 3 aromatic rings. The second-order valence-electron chi connectivity index (χ2n) is 8.53. The lowest BCUT2D eigenvalue weighted by atomic mass is 9.98. The fourth-order valence-electron chi connectivity index (χ4n) is 4.15. The number of amides is 1. The van der Waals surface area contributed by atoms with Crippen molar-refractivity contribution in [2.24, 2.45) is 0 Å². The van der Waals surface area contributed by atoms with Gasteiger partial charge in [-0.1, -0.05) is 62.4 Å². The van der Waals surface area contributed by atoms with Crippen LogP contribution in [0.15, 0.2) is 71.6 Å². The van der Waals surface area contributed by atoms with Crippen molar-refractivity contribution in [3.63, 3.8) is 0 Å². The number of rotatable bonds is 5. The number of para-hydroxylation sites is 1. The number of nitrogens with zero attached hydrogens (tertiary/aromatic N) is 1. The summed E-state index contributed by atoms with van der Waals surface area (Å²) in [5, 5.41) is 3.00. The van der Waals surface area contributed by atoms with E-state index in [1.165, 1.54) is 15.9 Å². The molecule has 32 heavy (non-hydrogen) atoms. The second-order valence-corrected chi connectivity index (χ2v) is 10.5. The molecule has 0 radical (unpaired) electrons. The molecule has 4 rings (SSSR count). The molecule has 166 valence electrons. The zero-order valence-electron chi connectivity index (χ0n) is 18.6. The van der Waals surface area contributed by atoms with E-state index in [9.17, 15) is 13.2 Å². The van der Waals surface area contributed by atoms with Gasteiger partial charge in [0.05, 0.1) is 4.90 Å². The maximum Gasteiger partial charge on any atom is 0.255 e. The minimum Gasteiger partial charge on any atom is -0.321 e. The molecule has 0 aliphatic carbocycles. The Hall–Kier alpha value is -2.96. The molecule has 5 nitrogen and oxygen atoms in total. The molecule has 0 spiro atoms. The lowest BCUT2D eigenvalue weighted by molar-refractivity contribution is 0.102. The Kier molecular flexibility index (Phi) is 6.17. The van der Waals surface area contributed by atoms with Crippen molar-refractivity contribution >= 4 is 21.6 Å². The zero-order valence-corrected chi connectivity index (χ0v) is 19.4. The van der Waals surface area contributed by atoms with Gasteiger partial charge in [0.25, 0.3) is 5.91 Å². The molecule has 0 fully saturated rings. The van der Waals surface area contributed by atoms with Crippen molar-refractivity contribution in [2.75, 3.05) is 11.9 Å². The van der Waals surface area contributed by atoms with Gasteiger partial charge in [0.1, 0.15) is 0 Å². The van der Waals surface area contributed by atoms with Gasteiger partial charge in [0, 0.05) is 24.3 Å². The van der Waals surface area contributed by atoms with Crippen molar-refractivity contribution in [3.8, 4) is 0 Å². The molecular formula is C26H28N2O3S. The molecule has 1 heterocycles. The van der Waals surface area contributed by atoms with Crippen molar-refractivity contribution in [1.29, 1.82) is 0 Å². The van der Waals surface area contributed by atoms with Crippen molar-refractivity contribution in [1.82, 2.24) is 4.31 Å². The number of carbonyl (C=O) groups is 1. The van der Waals surface area contributed by atoms with E-state index in [2.05, 4.69) is 19.2 Å². The molecule has 0 bridgehead atoms. The monoisotopic (exact) mass is 448 g/mol. The first-order valence-electron chi connectivity index (χ1n) is 10.8. The van der Waals surface area contributed by atoms with Crippen LogP contribution in [-0.4, -0.2) is 25.2 Å². The number of aryl methyl sites for hydroxylation is 1. The summed E-state index contributed by atoms with van der Waals surface area (Å²) in [6.07, 6.45) is 0.681. The summed E-state index contributed by atoms with van der Waals surface area (Å²) in [4.78, 5) is 13.2. The maximum absolute atomic E-state index is 13.3. The van der Waals surface area contributed by atoms with Crippen LogP contribution >= 0.6 is 0 Å². The van der Waals surface area contributed by atoms with Gasteiger partial charge in [-0.05, 0) is 59.7 Å². The van der Waals surface area contributed by atoms with Crippen molar-refractivity contribution in [3.05, 3.63) is 94.5 Å². The van der Waals surface area contributed by atoms with Gasteiger partial charge in [-0.15, -0.1) is 0 Å². The Balaban J connectivity index is 1.60. The Labute approximate surface area is 190 Å². The first-order chi connectivity index (χ1) is 15.3. The van der Waals surface area contributed by atoms with Crippen LogP contribution in [0.2, 0.25) is 0 Å². The SMILES string of the molecule is Cc1cccc(C(C)C)c1NC(=O)c1cccc(S(=O)(=O)N2CCc3ccccc3C2)c1. The highest BCUT2D eigenvalue weighted by molar-refractivity contribution is 7.89. The van der Waals surface area contributed by atoms with Gasteiger partial charge in [-0.2, -0.15) is 4.31 Å². The number of carbonyl (C=O) groups excluding carboxylic acids is 1. The van der Waals surface area contributed by atoms with Crippen LogP contribution in [0, 0.1) is 6.92 Å². The van der Waals surface area contributed by atoms with Crippen LogP contribution in [0.5, 0.6) is 0 Å². The third kappa shape index (κ3) is 4.33. The normalized spacial score (nSPS) is 14.2. The third-order valence-electron chi connectivity index (χ3n) is 6.00. The summed E-state index contributed by atoms with van der Waals surface area (Å²) in [7, 11) is -3.71. The number of benzene rings is 3. The van der Waals surface area contributed by atoms with E-state index in [4.69, 9.17) is 0 Å². The fraction of sp³-hybridized carbons (Fsp3) is 0.269. The lowest BCUT2D eigenvalue weighted by Crippen LogP contribution is -2.36. The summed E-state index contributed by atoms with van der Waals surface area (Å²) in [6.45, 7) is 6.88.